The Morgan fingerprint density at radius 1 is 1.36 bits per heavy atom. The highest BCUT2D eigenvalue weighted by Gasteiger charge is 1.65. The van der Waals surface area contributed by atoms with Crippen molar-refractivity contribution in [1.82, 2.24) is 0 Å². The lowest BCUT2D eigenvalue weighted by atomic mass is 10.8. The molecule has 0 spiro atoms. The highest BCUT2D eigenvalue weighted by atomic mass is 16.4. The van der Waals surface area contributed by atoms with E-state index in [1.807, 2.05) is 0 Å². The average Bonchev–Trinajstić information content (AvgIpc) is 1.88. The van der Waals surface area contributed by atoms with Crippen LogP contribution in [0.2, 0.25) is 0 Å². The molecule has 0 radical (unpaired) electrons. The van der Waals surface area contributed by atoms with Gasteiger partial charge in [0.15, 0.2) is 0 Å². The Balaban J connectivity index is -0.0000000886. The first-order valence-electron chi connectivity index (χ1n) is 2.55. The molecule has 0 unspecified atom stereocenters. The van der Waals surface area contributed by atoms with Gasteiger partial charge in [-0.3, -0.25) is 9.59 Å². The van der Waals surface area contributed by atoms with Gasteiger partial charge in [0.05, 0.1) is 13.2 Å². The molecular weight excluding hydrogens is 156 g/mol. The molecule has 6 nitrogen and oxygen atoms in total. The minimum atomic E-state index is -0.833. The second-order valence-corrected chi connectivity index (χ2v) is 1.07. The zero-order valence-electron chi connectivity index (χ0n) is 6.10. The summed E-state index contributed by atoms with van der Waals surface area (Å²) in [6.07, 6.45) is 0. The van der Waals surface area contributed by atoms with Crippen LogP contribution in [0, 0.1) is 0 Å². The van der Waals surface area contributed by atoms with Crippen molar-refractivity contribution < 1.29 is 30.0 Å². The summed E-state index contributed by atoms with van der Waals surface area (Å²) in [6.45, 7) is 0.583. The Kier molecular flexibility index (Phi) is 34.7. The van der Waals surface area contributed by atoms with Gasteiger partial charge in [-0.25, -0.2) is 0 Å². The Morgan fingerprint density at radius 3 is 1.45 bits per heavy atom. The van der Waals surface area contributed by atoms with E-state index < -0.39 is 5.97 Å². The molecule has 0 aliphatic heterocycles. The molecule has 0 fully saturated rings. The zero-order valence-corrected chi connectivity index (χ0v) is 6.10. The van der Waals surface area contributed by atoms with Gasteiger partial charge < -0.3 is 20.4 Å². The highest BCUT2D eigenvalue weighted by Crippen LogP contribution is 1.42. The van der Waals surface area contributed by atoms with E-state index in [0.717, 1.165) is 6.92 Å². The smallest absolute Gasteiger partial charge is 0.300 e. The van der Waals surface area contributed by atoms with Crippen molar-refractivity contribution in [2.75, 3.05) is 13.2 Å². The van der Waals surface area contributed by atoms with Gasteiger partial charge in [0.25, 0.3) is 12.4 Å². The van der Waals surface area contributed by atoms with E-state index >= 15 is 0 Å². The summed E-state index contributed by atoms with van der Waals surface area (Å²) in [4.78, 5) is 17.4. The lowest BCUT2D eigenvalue weighted by molar-refractivity contribution is -0.134. The van der Waals surface area contributed by atoms with Crippen LogP contribution in [0.3, 0.4) is 0 Å². The normalized spacial score (nSPS) is 6.09. The molecule has 68 valence electrons. The number of carboxylic acid groups (broad SMARTS) is 2. The average molecular weight is 168 g/mol. The van der Waals surface area contributed by atoms with E-state index in [1.165, 1.54) is 0 Å². The fourth-order valence-corrected chi connectivity index (χ4v) is 0. The van der Waals surface area contributed by atoms with Crippen molar-refractivity contribution in [1.29, 1.82) is 0 Å². The van der Waals surface area contributed by atoms with Crippen LogP contribution in [-0.2, 0) is 9.59 Å². The molecule has 4 N–H and O–H groups in total. The molecular formula is C5H12O6. The third-order valence-electron chi connectivity index (χ3n) is 0.1000. The fourth-order valence-electron chi connectivity index (χ4n) is 0. The first kappa shape index (κ1) is 16.4. The predicted molar refractivity (Wildman–Crippen MR) is 36.2 cm³/mol. The van der Waals surface area contributed by atoms with Crippen molar-refractivity contribution in [3.63, 3.8) is 0 Å². The molecule has 0 aliphatic carbocycles. The summed E-state index contributed by atoms with van der Waals surface area (Å²) in [5, 5.41) is 29.6. The molecule has 6 heteroatoms. The van der Waals surface area contributed by atoms with Crippen molar-refractivity contribution in [3.8, 4) is 0 Å². The summed E-state index contributed by atoms with van der Waals surface area (Å²) in [5.41, 5.74) is 0. The number of hydrogen-bond acceptors (Lipinski definition) is 4. The van der Waals surface area contributed by atoms with E-state index in [-0.39, 0.29) is 19.7 Å². The molecule has 0 bridgehead atoms. The van der Waals surface area contributed by atoms with Crippen LogP contribution in [0.25, 0.3) is 0 Å². The highest BCUT2D eigenvalue weighted by molar-refractivity contribution is 5.62. The molecule has 0 saturated carbocycles. The van der Waals surface area contributed by atoms with Gasteiger partial charge in [-0.05, 0) is 0 Å². The lowest BCUT2D eigenvalue weighted by Gasteiger charge is -1.70. The second-order valence-electron chi connectivity index (χ2n) is 1.07. The molecule has 0 amide bonds. The van der Waals surface area contributed by atoms with Crippen LogP contribution in [-0.4, -0.2) is 46.1 Å². The number of aliphatic carboxylic acids is 1. The Bertz CT molecular complexity index is 75.0. The van der Waals surface area contributed by atoms with E-state index in [2.05, 4.69) is 0 Å². The number of carboxylic acids is 1. The number of aliphatic hydroxyl groups excluding tert-OH is 2. The largest absolute Gasteiger partial charge is 0.483 e. The van der Waals surface area contributed by atoms with Crippen molar-refractivity contribution in [2.24, 2.45) is 0 Å². The maximum atomic E-state index is 9.00. The van der Waals surface area contributed by atoms with Crippen molar-refractivity contribution >= 4 is 12.4 Å². The second kappa shape index (κ2) is 23.2. The Hall–Kier alpha value is -1.14. The topological polar surface area (TPSA) is 115 Å². The van der Waals surface area contributed by atoms with Crippen molar-refractivity contribution in [2.45, 2.75) is 6.92 Å². The van der Waals surface area contributed by atoms with Gasteiger partial charge in [-0.1, -0.05) is 0 Å². The van der Waals surface area contributed by atoms with Crippen LogP contribution >= 0.6 is 0 Å². The SMILES string of the molecule is CC(=O)O.O=CO.OCCO. The van der Waals surface area contributed by atoms with Crippen LogP contribution in [0.4, 0.5) is 0 Å². The molecule has 0 saturated heterocycles. The Labute approximate surface area is 63.7 Å². The summed E-state index contributed by atoms with van der Waals surface area (Å²) < 4.78 is 0. The number of aliphatic hydroxyl groups is 2. The van der Waals surface area contributed by atoms with Gasteiger partial charge >= 0.3 is 0 Å². The third kappa shape index (κ3) is 21300. The standard InChI is InChI=1S/C2H4O2.C2H6O2.CH2O2/c1-2(3)4;3-1-2-4;2-1-3/h1H3,(H,3,4);3-4H,1-2H2;1H,(H,2,3). The zero-order chi connectivity index (χ0) is 9.70. The van der Waals surface area contributed by atoms with E-state index in [4.69, 9.17) is 30.0 Å². The molecule has 0 heterocycles. The molecule has 0 aromatic rings. The van der Waals surface area contributed by atoms with Crippen molar-refractivity contribution in [3.05, 3.63) is 0 Å². The van der Waals surface area contributed by atoms with Gasteiger partial charge in [0.2, 0.25) is 0 Å². The summed E-state index contributed by atoms with van der Waals surface area (Å²) >= 11 is 0. The van der Waals surface area contributed by atoms with Gasteiger partial charge in [0.1, 0.15) is 0 Å². The molecule has 0 aliphatic rings. The minimum Gasteiger partial charge on any atom is -0.483 e. The van der Waals surface area contributed by atoms with Gasteiger partial charge in [0, 0.05) is 6.92 Å². The molecule has 0 aromatic heterocycles. The van der Waals surface area contributed by atoms with Gasteiger partial charge in [-0.15, -0.1) is 0 Å². The lowest BCUT2D eigenvalue weighted by Crippen LogP contribution is -1.85. The molecule has 11 heavy (non-hydrogen) atoms. The molecule has 0 atom stereocenters. The monoisotopic (exact) mass is 168 g/mol. The van der Waals surface area contributed by atoms with Crippen LogP contribution in [0.1, 0.15) is 6.92 Å². The van der Waals surface area contributed by atoms with Gasteiger partial charge in [-0.2, -0.15) is 0 Å². The maximum Gasteiger partial charge on any atom is 0.300 e. The predicted octanol–water partition coefficient (Wildman–Crippen LogP) is -1.24. The van der Waals surface area contributed by atoms with E-state index in [0.29, 0.717) is 0 Å². The summed E-state index contributed by atoms with van der Waals surface area (Å²) in [7, 11) is 0. The third-order valence-corrected chi connectivity index (χ3v) is 0.1000. The summed E-state index contributed by atoms with van der Waals surface area (Å²) in [5.74, 6) is -0.833. The van der Waals surface area contributed by atoms with Crippen LogP contribution in [0.15, 0.2) is 0 Å². The first-order valence-corrected chi connectivity index (χ1v) is 2.55. The van der Waals surface area contributed by atoms with E-state index in [9.17, 15) is 0 Å². The number of rotatable bonds is 1. The number of carbonyl (C=O) groups is 2. The first-order chi connectivity index (χ1) is 5.06. The van der Waals surface area contributed by atoms with E-state index in [1.54, 1.807) is 0 Å². The summed E-state index contributed by atoms with van der Waals surface area (Å²) in [6, 6.07) is 0. The Morgan fingerprint density at radius 2 is 1.45 bits per heavy atom. The van der Waals surface area contributed by atoms with Crippen LogP contribution < -0.4 is 0 Å². The molecule has 0 aromatic carbocycles. The number of hydrogen-bond donors (Lipinski definition) is 4. The minimum absolute atomic E-state index is 0.125. The fraction of sp³-hybridized carbons (Fsp3) is 0.600. The van der Waals surface area contributed by atoms with Crippen LogP contribution in [0.5, 0.6) is 0 Å². The quantitative estimate of drug-likeness (QED) is 0.364. The maximum absolute atomic E-state index is 9.00. The molecule has 0 rings (SSSR count).